The number of rotatable bonds is 1. The Bertz CT molecular complexity index is 1340. The van der Waals surface area contributed by atoms with Crippen molar-refractivity contribution >= 4 is 5.91 Å². The summed E-state index contributed by atoms with van der Waals surface area (Å²) in [6.45, 7) is 0.261. The highest BCUT2D eigenvalue weighted by atomic mass is 19.1. The molecule has 0 saturated carbocycles. The fourth-order valence-electron chi connectivity index (χ4n) is 4.43. The average molecular weight is 450 g/mol. The van der Waals surface area contributed by atoms with Gasteiger partial charge in [-0.1, -0.05) is 30.4 Å². The van der Waals surface area contributed by atoms with Crippen LogP contribution in [0.5, 0.6) is 5.75 Å². The van der Waals surface area contributed by atoms with Crippen LogP contribution in [0.4, 0.5) is 8.78 Å². The van der Waals surface area contributed by atoms with Crippen LogP contribution < -0.4 is 10.4 Å². The molecule has 0 radical (unpaired) electrons. The first-order chi connectivity index (χ1) is 16.0. The lowest BCUT2D eigenvalue weighted by molar-refractivity contribution is 0.0700. The van der Waals surface area contributed by atoms with Gasteiger partial charge in [-0.2, -0.15) is 4.39 Å². The first-order valence-electron chi connectivity index (χ1n) is 10.5. The van der Waals surface area contributed by atoms with E-state index >= 15 is 0 Å². The number of hydrogen-bond donors (Lipinski definition) is 1. The second kappa shape index (κ2) is 8.16. The summed E-state index contributed by atoms with van der Waals surface area (Å²) in [4.78, 5) is 30.8. The van der Waals surface area contributed by atoms with E-state index in [9.17, 15) is 23.5 Å². The van der Waals surface area contributed by atoms with Crippen LogP contribution >= 0.6 is 0 Å². The van der Waals surface area contributed by atoms with Gasteiger partial charge in [-0.25, -0.2) is 9.37 Å². The normalized spacial score (nSPS) is 18.8. The van der Waals surface area contributed by atoms with Gasteiger partial charge >= 0.3 is 0 Å². The van der Waals surface area contributed by atoms with Gasteiger partial charge in [0.1, 0.15) is 18.5 Å². The van der Waals surface area contributed by atoms with Gasteiger partial charge < -0.3 is 10.0 Å². The van der Waals surface area contributed by atoms with Gasteiger partial charge in [0.05, 0.1) is 5.69 Å². The SMILES string of the molecule is O=C1c2c(O)c(=O)ccn2N2CN1C/C=C/CCc1c(F)cccc1[C@H]2c1cccc(F)n1. The molecule has 3 aromatic rings. The zero-order chi connectivity index (χ0) is 23.1. The second-order valence-corrected chi connectivity index (χ2v) is 7.94. The Morgan fingerprint density at radius 2 is 1.85 bits per heavy atom. The largest absolute Gasteiger partial charge is 0.502 e. The summed E-state index contributed by atoms with van der Waals surface area (Å²) >= 11 is 0. The van der Waals surface area contributed by atoms with Crippen molar-refractivity contribution in [3.05, 3.63) is 105 Å². The summed E-state index contributed by atoms with van der Waals surface area (Å²) in [6, 6.07) is 9.40. The van der Waals surface area contributed by atoms with Crippen LogP contribution in [0.3, 0.4) is 0 Å². The number of pyridine rings is 2. The van der Waals surface area contributed by atoms with Gasteiger partial charge in [-0.15, -0.1) is 0 Å². The Kier molecular flexibility index (Phi) is 5.16. The third kappa shape index (κ3) is 3.55. The number of fused-ring (bicyclic) bond motifs is 5. The maximum Gasteiger partial charge on any atom is 0.278 e. The molecule has 0 saturated heterocycles. The van der Waals surface area contributed by atoms with Gasteiger partial charge in [0.2, 0.25) is 11.4 Å². The Hall–Kier alpha value is -4.01. The highest BCUT2D eigenvalue weighted by Crippen LogP contribution is 2.34. The van der Waals surface area contributed by atoms with Gasteiger partial charge in [0.25, 0.3) is 5.91 Å². The molecular formula is C24H20F2N4O3. The van der Waals surface area contributed by atoms with Crippen molar-refractivity contribution in [1.29, 1.82) is 0 Å². The summed E-state index contributed by atoms with van der Waals surface area (Å²) in [5, 5.41) is 12.2. The molecule has 1 N–H and O–H groups in total. The van der Waals surface area contributed by atoms with Crippen molar-refractivity contribution in [1.82, 2.24) is 14.6 Å². The minimum atomic E-state index is -0.805. The van der Waals surface area contributed by atoms with Crippen molar-refractivity contribution in [2.24, 2.45) is 0 Å². The van der Waals surface area contributed by atoms with E-state index in [0.29, 0.717) is 29.7 Å². The molecule has 2 aromatic heterocycles. The molecule has 1 amide bonds. The monoisotopic (exact) mass is 450 g/mol. The fraction of sp³-hybridized carbons (Fsp3) is 0.208. The summed E-state index contributed by atoms with van der Waals surface area (Å²) in [5.41, 5.74) is 0.411. The number of aromatic nitrogens is 2. The number of aromatic hydroxyl groups is 1. The zero-order valence-corrected chi connectivity index (χ0v) is 17.5. The number of hydrogen-bond acceptors (Lipinski definition) is 5. The molecule has 33 heavy (non-hydrogen) atoms. The molecule has 2 bridgehead atoms. The van der Waals surface area contributed by atoms with Crippen molar-refractivity contribution < 1.29 is 18.7 Å². The lowest BCUT2D eigenvalue weighted by atomic mass is 9.93. The van der Waals surface area contributed by atoms with Gasteiger partial charge in [0, 0.05) is 18.8 Å². The fourth-order valence-corrected chi connectivity index (χ4v) is 4.43. The van der Waals surface area contributed by atoms with E-state index in [1.54, 1.807) is 29.3 Å². The molecule has 0 spiro atoms. The predicted octanol–water partition coefficient (Wildman–Crippen LogP) is 2.87. The number of carbonyl (C=O) groups excluding carboxylic acids is 1. The Balaban J connectivity index is 1.83. The van der Waals surface area contributed by atoms with Crippen LogP contribution in [-0.4, -0.2) is 38.8 Å². The molecule has 0 aliphatic carbocycles. The van der Waals surface area contributed by atoms with E-state index in [-0.39, 0.29) is 18.9 Å². The van der Waals surface area contributed by atoms with Gasteiger partial charge in [-0.3, -0.25) is 19.3 Å². The van der Waals surface area contributed by atoms with E-state index < -0.39 is 34.9 Å². The summed E-state index contributed by atoms with van der Waals surface area (Å²) < 4.78 is 30.6. The van der Waals surface area contributed by atoms with Gasteiger partial charge in [-0.05, 0) is 42.2 Å². The summed E-state index contributed by atoms with van der Waals surface area (Å²) in [7, 11) is 0. The first-order valence-corrected chi connectivity index (χ1v) is 10.5. The van der Waals surface area contributed by atoms with E-state index in [4.69, 9.17) is 0 Å². The van der Waals surface area contributed by atoms with Crippen LogP contribution in [-0.2, 0) is 6.42 Å². The van der Waals surface area contributed by atoms with E-state index in [0.717, 1.165) is 6.07 Å². The molecule has 1 atom stereocenters. The summed E-state index contributed by atoms with van der Waals surface area (Å²) in [5.74, 6) is -2.29. The van der Waals surface area contributed by atoms with Crippen LogP contribution in [0.1, 0.15) is 39.8 Å². The number of carbonyl (C=O) groups is 1. The molecule has 0 fully saturated rings. The lowest BCUT2D eigenvalue weighted by Crippen LogP contribution is -2.55. The Morgan fingerprint density at radius 3 is 2.67 bits per heavy atom. The third-order valence-electron chi connectivity index (χ3n) is 5.95. The number of amides is 1. The molecule has 1 aromatic carbocycles. The van der Waals surface area contributed by atoms with Gasteiger partial charge in [0.15, 0.2) is 11.4 Å². The number of halogens is 2. The first kappa shape index (κ1) is 20.9. The minimum Gasteiger partial charge on any atom is -0.502 e. The second-order valence-electron chi connectivity index (χ2n) is 7.94. The maximum atomic E-state index is 15.0. The van der Waals surface area contributed by atoms with Crippen molar-refractivity contribution in [3.63, 3.8) is 0 Å². The Labute approximate surface area is 187 Å². The van der Waals surface area contributed by atoms with E-state index in [1.165, 1.54) is 34.0 Å². The van der Waals surface area contributed by atoms with Crippen LogP contribution in [0.25, 0.3) is 0 Å². The van der Waals surface area contributed by atoms with E-state index in [2.05, 4.69) is 4.98 Å². The third-order valence-corrected chi connectivity index (χ3v) is 5.95. The zero-order valence-electron chi connectivity index (χ0n) is 17.5. The van der Waals surface area contributed by atoms with Crippen LogP contribution in [0.15, 0.2) is 65.6 Å². The lowest BCUT2D eigenvalue weighted by Gasteiger charge is -2.43. The summed E-state index contributed by atoms with van der Waals surface area (Å²) in [6.07, 6.45) is 5.98. The molecule has 4 heterocycles. The molecule has 2 aliphatic rings. The topological polar surface area (TPSA) is 78.7 Å². The van der Waals surface area contributed by atoms with E-state index in [1.807, 2.05) is 6.08 Å². The highest BCUT2D eigenvalue weighted by Gasteiger charge is 2.37. The number of nitrogens with zero attached hydrogens (tertiary/aromatic N) is 4. The molecular weight excluding hydrogens is 430 g/mol. The molecule has 7 nitrogen and oxygen atoms in total. The molecule has 0 unspecified atom stereocenters. The van der Waals surface area contributed by atoms with Crippen LogP contribution in [0.2, 0.25) is 0 Å². The van der Waals surface area contributed by atoms with Crippen LogP contribution in [0, 0.1) is 11.8 Å². The highest BCUT2D eigenvalue weighted by molar-refractivity contribution is 5.96. The average Bonchev–Trinajstić information content (AvgIpc) is 2.82. The standard InChI is InChI=1S/C24H20F2N4O3/c25-17-8-4-7-16-15(17)6-2-1-3-12-28-14-30(21(16)18-9-5-10-20(26)27-18)29-13-11-19(31)23(32)22(29)24(28)33/h1,3-5,7-11,13,21,32H,2,6,12,14H2/b3-1+/t21-/m0/s1. The smallest absolute Gasteiger partial charge is 0.278 e. The molecule has 9 heteroatoms. The minimum absolute atomic E-state index is 0.0390. The number of benzene rings is 1. The molecule has 5 rings (SSSR count). The molecule has 2 aliphatic heterocycles. The quantitative estimate of drug-likeness (QED) is 0.456. The number of allylic oxidation sites excluding steroid dienone is 1. The van der Waals surface area contributed by atoms with Crippen molar-refractivity contribution in [2.45, 2.75) is 18.9 Å². The van der Waals surface area contributed by atoms with Crippen molar-refractivity contribution in [2.75, 3.05) is 18.2 Å². The molecule has 168 valence electrons. The Morgan fingerprint density at radius 1 is 1.03 bits per heavy atom. The predicted molar refractivity (Wildman–Crippen MR) is 116 cm³/mol. The van der Waals surface area contributed by atoms with Crippen molar-refractivity contribution in [3.8, 4) is 5.75 Å². The maximum absolute atomic E-state index is 15.0.